The van der Waals surface area contributed by atoms with Crippen LogP contribution >= 0.6 is 0 Å². The summed E-state index contributed by atoms with van der Waals surface area (Å²) in [5.41, 5.74) is 4.24. The summed E-state index contributed by atoms with van der Waals surface area (Å²) in [5.74, 6) is -0.168. The second-order valence-electron chi connectivity index (χ2n) is 7.80. The molecule has 0 saturated carbocycles. The minimum Gasteiger partial charge on any atom is -0.356 e. The van der Waals surface area contributed by atoms with Crippen molar-refractivity contribution in [2.45, 2.75) is 44.6 Å². The average molecular weight is 428 g/mol. The Kier molecular flexibility index (Phi) is 5.62. The van der Waals surface area contributed by atoms with Gasteiger partial charge in [-0.3, -0.25) is 4.79 Å². The number of hydrogen-bond donors (Lipinski definition) is 1. The first-order chi connectivity index (χ1) is 14.3. The molecule has 1 aliphatic heterocycles. The quantitative estimate of drug-likeness (QED) is 0.653. The van der Waals surface area contributed by atoms with Crippen LogP contribution in [0.5, 0.6) is 0 Å². The molecule has 1 aliphatic rings. The number of fused-ring (bicyclic) bond motifs is 1. The van der Waals surface area contributed by atoms with Crippen LogP contribution in [0.15, 0.2) is 45.8 Å². The molecule has 1 fully saturated rings. The van der Waals surface area contributed by atoms with E-state index in [4.69, 9.17) is 4.52 Å². The van der Waals surface area contributed by atoms with Crippen molar-refractivity contribution in [3.8, 4) is 0 Å². The summed E-state index contributed by atoms with van der Waals surface area (Å²) >= 11 is 0. The topological polar surface area (TPSA) is 92.5 Å². The maximum Gasteiger partial charge on any atom is 0.243 e. The molecule has 0 spiro atoms. The number of aromatic nitrogens is 1. The van der Waals surface area contributed by atoms with Gasteiger partial charge in [-0.25, -0.2) is 8.42 Å². The predicted octanol–water partition coefficient (Wildman–Crippen LogP) is 3.09. The molecule has 0 unspecified atom stereocenters. The molecule has 0 aliphatic carbocycles. The molecule has 1 N–H and O–H groups in total. The molecule has 30 heavy (non-hydrogen) atoms. The zero-order valence-corrected chi connectivity index (χ0v) is 18.0. The van der Waals surface area contributed by atoms with E-state index in [2.05, 4.69) is 10.5 Å². The number of amides is 1. The molecule has 4 rings (SSSR count). The van der Waals surface area contributed by atoms with Crippen molar-refractivity contribution in [1.29, 1.82) is 0 Å². The lowest BCUT2D eigenvalue weighted by molar-refractivity contribution is -0.120. The van der Waals surface area contributed by atoms with Crippen molar-refractivity contribution in [2.24, 2.45) is 0 Å². The molecule has 1 aromatic heterocycles. The highest BCUT2D eigenvalue weighted by Crippen LogP contribution is 2.24. The fraction of sp³-hybridized carbons (Fsp3) is 0.364. The van der Waals surface area contributed by atoms with E-state index in [1.54, 1.807) is 24.3 Å². The zero-order valence-electron chi connectivity index (χ0n) is 17.1. The average Bonchev–Trinajstić information content (AvgIpc) is 3.38. The summed E-state index contributed by atoms with van der Waals surface area (Å²) in [6.07, 6.45) is 1.93. The molecule has 8 heteroatoms. The summed E-state index contributed by atoms with van der Waals surface area (Å²) < 4.78 is 32.1. The Morgan fingerprint density at radius 1 is 1.13 bits per heavy atom. The van der Waals surface area contributed by atoms with Gasteiger partial charge in [-0.05, 0) is 61.6 Å². The summed E-state index contributed by atoms with van der Waals surface area (Å²) in [6.45, 7) is 5.43. The molecule has 7 nitrogen and oxygen atoms in total. The monoisotopic (exact) mass is 427 g/mol. The number of benzene rings is 2. The lowest BCUT2D eigenvalue weighted by Crippen LogP contribution is -2.28. The van der Waals surface area contributed by atoms with Crippen LogP contribution in [0.4, 0.5) is 0 Å². The van der Waals surface area contributed by atoms with Gasteiger partial charge in [-0.2, -0.15) is 4.31 Å². The fourth-order valence-corrected chi connectivity index (χ4v) is 5.36. The molecular weight excluding hydrogens is 402 g/mol. The first-order valence-electron chi connectivity index (χ1n) is 10.1. The van der Waals surface area contributed by atoms with Crippen LogP contribution in [0.2, 0.25) is 0 Å². The van der Waals surface area contributed by atoms with E-state index in [9.17, 15) is 13.2 Å². The maximum atomic E-state index is 12.6. The molecule has 2 heterocycles. The largest absolute Gasteiger partial charge is 0.356 e. The molecule has 3 aromatic rings. The second-order valence-corrected chi connectivity index (χ2v) is 9.73. The number of nitrogens with zero attached hydrogens (tertiary/aromatic N) is 2. The van der Waals surface area contributed by atoms with Gasteiger partial charge in [0.2, 0.25) is 15.9 Å². The minimum atomic E-state index is -3.42. The number of rotatable bonds is 6. The van der Waals surface area contributed by atoms with Gasteiger partial charge in [0, 0.05) is 25.0 Å². The van der Waals surface area contributed by atoms with Crippen LogP contribution in [-0.2, 0) is 27.8 Å². The molecule has 1 saturated heterocycles. The van der Waals surface area contributed by atoms with E-state index in [0.717, 1.165) is 34.9 Å². The van der Waals surface area contributed by atoms with Crippen molar-refractivity contribution in [3.05, 3.63) is 58.8 Å². The van der Waals surface area contributed by atoms with Gasteiger partial charge in [0.1, 0.15) is 5.69 Å². The second kappa shape index (κ2) is 8.20. The summed E-state index contributed by atoms with van der Waals surface area (Å²) in [7, 11) is -3.42. The molecule has 1 amide bonds. The Morgan fingerprint density at radius 3 is 2.53 bits per heavy atom. The van der Waals surface area contributed by atoms with Gasteiger partial charge in [-0.15, -0.1) is 0 Å². The van der Waals surface area contributed by atoms with E-state index in [0.29, 0.717) is 35.8 Å². The van der Waals surface area contributed by atoms with E-state index in [1.165, 1.54) is 4.31 Å². The summed E-state index contributed by atoms with van der Waals surface area (Å²) in [4.78, 5) is 12.7. The smallest absolute Gasteiger partial charge is 0.243 e. The molecule has 0 bridgehead atoms. The van der Waals surface area contributed by atoms with Crippen molar-refractivity contribution in [3.63, 3.8) is 0 Å². The summed E-state index contributed by atoms with van der Waals surface area (Å²) in [5, 5.41) is 7.79. The fourth-order valence-electron chi connectivity index (χ4n) is 3.84. The molecule has 2 aromatic carbocycles. The SMILES string of the molecule is Cc1cc(C)c2onc(CC(=O)NCc3ccc(S(=O)(=O)N4CCCC4)cc3)c2c1. The van der Waals surface area contributed by atoms with Gasteiger partial charge in [0.25, 0.3) is 0 Å². The first kappa shape index (κ1) is 20.6. The standard InChI is InChI=1S/C22H25N3O4S/c1-15-11-16(2)22-19(12-15)20(24-29-22)13-21(26)23-14-17-5-7-18(8-6-17)30(27,28)25-9-3-4-10-25/h5-8,11-12H,3-4,9-10,13-14H2,1-2H3,(H,23,26). The number of aryl methyl sites for hydroxylation is 2. The van der Waals surface area contributed by atoms with E-state index >= 15 is 0 Å². The predicted molar refractivity (Wildman–Crippen MR) is 113 cm³/mol. The van der Waals surface area contributed by atoms with Gasteiger partial charge in [-0.1, -0.05) is 23.4 Å². The van der Waals surface area contributed by atoms with Crippen LogP contribution in [0, 0.1) is 13.8 Å². The van der Waals surface area contributed by atoms with Crippen molar-refractivity contribution in [1.82, 2.24) is 14.8 Å². The van der Waals surface area contributed by atoms with Crippen LogP contribution in [0.3, 0.4) is 0 Å². The van der Waals surface area contributed by atoms with Crippen molar-refractivity contribution >= 4 is 26.9 Å². The Balaban J connectivity index is 1.39. The Morgan fingerprint density at radius 2 is 1.83 bits per heavy atom. The summed E-state index contributed by atoms with van der Waals surface area (Å²) in [6, 6.07) is 10.7. The van der Waals surface area contributed by atoms with E-state index < -0.39 is 10.0 Å². The van der Waals surface area contributed by atoms with Crippen molar-refractivity contribution < 1.29 is 17.7 Å². The Hall–Kier alpha value is -2.71. The van der Waals surface area contributed by atoms with Crippen molar-refractivity contribution in [2.75, 3.05) is 13.1 Å². The number of sulfonamides is 1. The van der Waals surface area contributed by atoms with Gasteiger partial charge in [0.05, 0.1) is 11.3 Å². The Labute approximate surface area is 176 Å². The van der Waals surface area contributed by atoms with Crippen LogP contribution in [0.1, 0.15) is 35.2 Å². The minimum absolute atomic E-state index is 0.122. The lowest BCUT2D eigenvalue weighted by atomic mass is 10.1. The number of nitrogens with one attached hydrogen (secondary N) is 1. The van der Waals surface area contributed by atoms with Crippen LogP contribution < -0.4 is 5.32 Å². The molecule has 158 valence electrons. The third-order valence-electron chi connectivity index (χ3n) is 5.42. The van der Waals surface area contributed by atoms with Gasteiger partial charge >= 0.3 is 0 Å². The highest BCUT2D eigenvalue weighted by Gasteiger charge is 2.26. The molecule has 0 radical (unpaired) electrons. The van der Waals surface area contributed by atoms with E-state index in [-0.39, 0.29) is 12.3 Å². The highest BCUT2D eigenvalue weighted by molar-refractivity contribution is 7.89. The number of hydrogen-bond acceptors (Lipinski definition) is 5. The molecular formula is C22H25N3O4S. The van der Waals surface area contributed by atoms with E-state index in [1.807, 2.05) is 26.0 Å². The zero-order chi connectivity index (χ0) is 21.3. The Bertz CT molecular complexity index is 1180. The third kappa shape index (κ3) is 4.11. The van der Waals surface area contributed by atoms with Crippen LogP contribution in [-0.4, -0.2) is 36.9 Å². The molecule has 0 atom stereocenters. The first-order valence-corrected chi connectivity index (χ1v) is 11.5. The van der Waals surface area contributed by atoms with Gasteiger partial charge in [0.15, 0.2) is 5.58 Å². The normalized spacial score (nSPS) is 15.0. The third-order valence-corrected chi connectivity index (χ3v) is 7.33. The van der Waals surface area contributed by atoms with Crippen LogP contribution in [0.25, 0.3) is 11.0 Å². The maximum absolute atomic E-state index is 12.6. The lowest BCUT2D eigenvalue weighted by Gasteiger charge is -2.15. The number of carbonyl (C=O) groups excluding carboxylic acids is 1. The van der Waals surface area contributed by atoms with Gasteiger partial charge < -0.3 is 9.84 Å². The highest BCUT2D eigenvalue weighted by atomic mass is 32.2. The number of carbonyl (C=O) groups is 1.